The van der Waals surface area contributed by atoms with Crippen molar-refractivity contribution in [2.45, 2.75) is 32.7 Å². The second-order valence-corrected chi connectivity index (χ2v) is 4.90. The lowest BCUT2D eigenvalue weighted by molar-refractivity contribution is 0.0400. The molecule has 0 saturated carbocycles. The normalized spacial score (nSPS) is 11.3. The van der Waals surface area contributed by atoms with E-state index in [0.717, 1.165) is 13.0 Å². The summed E-state index contributed by atoms with van der Waals surface area (Å²) < 4.78 is 18.1. The summed E-state index contributed by atoms with van der Waals surface area (Å²) in [6.07, 6.45) is 1.02. The number of hydrogen-bond acceptors (Lipinski definition) is 3. The highest BCUT2D eigenvalue weighted by Gasteiger charge is 2.19. The standard InChI is InChI=1S/C14H20FNO2/c1-4-8-16-14(2,3)10-18-13(17)11-6-5-7-12(15)9-11/h5-7,9,16H,4,8,10H2,1-3H3. The van der Waals surface area contributed by atoms with Crippen LogP contribution in [-0.4, -0.2) is 24.7 Å². The molecule has 0 aliphatic carbocycles. The summed E-state index contributed by atoms with van der Waals surface area (Å²) in [5, 5.41) is 3.28. The van der Waals surface area contributed by atoms with Crippen LogP contribution in [0.3, 0.4) is 0 Å². The van der Waals surface area contributed by atoms with Gasteiger partial charge in [0.15, 0.2) is 0 Å². The molecule has 0 aliphatic heterocycles. The molecule has 4 heteroatoms. The summed E-state index contributed by atoms with van der Waals surface area (Å²) in [4.78, 5) is 11.7. The zero-order valence-electron chi connectivity index (χ0n) is 11.1. The van der Waals surface area contributed by atoms with E-state index in [1.165, 1.54) is 24.3 Å². The number of rotatable bonds is 6. The Hall–Kier alpha value is -1.42. The Labute approximate surface area is 107 Å². The summed E-state index contributed by atoms with van der Waals surface area (Å²) in [6, 6.07) is 5.50. The molecule has 0 unspecified atom stereocenters. The Balaban J connectivity index is 2.50. The van der Waals surface area contributed by atoms with Crippen LogP contribution in [0.25, 0.3) is 0 Å². The van der Waals surface area contributed by atoms with Crippen LogP contribution < -0.4 is 5.32 Å². The molecule has 1 rings (SSSR count). The second kappa shape index (κ2) is 6.50. The van der Waals surface area contributed by atoms with E-state index in [0.29, 0.717) is 0 Å². The van der Waals surface area contributed by atoms with Crippen LogP contribution >= 0.6 is 0 Å². The quantitative estimate of drug-likeness (QED) is 0.792. The molecular weight excluding hydrogens is 233 g/mol. The number of nitrogens with one attached hydrogen (secondary N) is 1. The van der Waals surface area contributed by atoms with Gasteiger partial charge in [-0.15, -0.1) is 0 Å². The number of hydrogen-bond donors (Lipinski definition) is 1. The number of carbonyl (C=O) groups excluding carboxylic acids is 1. The summed E-state index contributed by atoms with van der Waals surface area (Å²) in [5.74, 6) is -0.936. The molecule has 0 aliphatic rings. The zero-order valence-corrected chi connectivity index (χ0v) is 11.1. The summed E-state index contributed by atoms with van der Waals surface area (Å²) in [7, 11) is 0. The molecule has 100 valence electrons. The molecule has 0 amide bonds. The molecule has 0 atom stereocenters. The Morgan fingerprint density at radius 2 is 2.17 bits per heavy atom. The Morgan fingerprint density at radius 3 is 2.78 bits per heavy atom. The van der Waals surface area contributed by atoms with Gasteiger partial charge in [0.1, 0.15) is 12.4 Å². The summed E-state index contributed by atoms with van der Waals surface area (Å²) in [5.41, 5.74) is -0.0415. The average molecular weight is 253 g/mol. The van der Waals surface area contributed by atoms with Crippen molar-refractivity contribution >= 4 is 5.97 Å². The highest BCUT2D eigenvalue weighted by atomic mass is 19.1. The molecule has 1 N–H and O–H groups in total. The third kappa shape index (κ3) is 4.84. The highest BCUT2D eigenvalue weighted by Crippen LogP contribution is 2.08. The number of esters is 1. The van der Waals surface area contributed by atoms with Gasteiger partial charge in [-0.25, -0.2) is 9.18 Å². The molecule has 1 aromatic carbocycles. The van der Waals surface area contributed by atoms with E-state index in [-0.39, 0.29) is 17.7 Å². The van der Waals surface area contributed by atoms with Crippen LogP contribution in [-0.2, 0) is 4.74 Å². The first-order valence-corrected chi connectivity index (χ1v) is 6.12. The molecule has 0 aromatic heterocycles. The topological polar surface area (TPSA) is 38.3 Å². The van der Waals surface area contributed by atoms with Crippen LogP contribution in [0.15, 0.2) is 24.3 Å². The van der Waals surface area contributed by atoms with Gasteiger partial charge < -0.3 is 10.1 Å². The largest absolute Gasteiger partial charge is 0.460 e. The molecule has 0 saturated heterocycles. The molecule has 0 fully saturated rings. The average Bonchev–Trinajstić information content (AvgIpc) is 2.34. The van der Waals surface area contributed by atoms with Gasteiger partial charge in [-0.2, -0.15) is 0 Å². The minimum Gasteiger partial charge on any atom is -0.460 e. The van der Waals surface area contributed by atoms with E-state index in [1.807, 2.05) is 13.8 Å². The van der Waals surface area contributed by atoms with Crippen LogP contribution in [0, 0.1) is 5.82 Å². The fourth-order valence-electron chi connectivity index (χ4n) is 1.46. The van der Waals surface area contributed by atoms with Gasteiger partial charge in [0, 0.05) is 5.54 Å². The van der Waals surface area contributed by atoms with E-state index in [4.69, 9.17) is 4.74 Å². The molecule has 0 heterocycles. The van der Waals surface area contributed by atoms with E-state index in [2.05, 4.69) is 12.2 Å². The second-order valence-electron chi connectivity index (χ2n) is 4.90. The smallest absolute Gasteiger partial charge is 0.338 e. The van der Waals surface area contributed by atoms with Gasteiger partial charge in [-0.3, -0.25) is 0 Å². The third-order valence-corrected chi connectivity index (χ3v) is 2.48. The molecule has 0 spiro atoms. The van der Waals surface area contributed by atoms with Crippen LogP contribution in [0.5, 0.6) is 0 Å². The zero-order chi connectivity index (χ0) is 13.6. The molecule has 0 bridgehead atoms. The number of carbonyl (C=O) groups is 1. The Kier molecular flexibility index (Phi) is 5.28. The predicted molar refractivity (Wildman–Crippen MR) is 69.1 cm³/mol. The van der Waals surface area contributed by atoms with Crippen molar-refractivity contribution in [2.75, 3.05) is 13.2 Å². The van der Waals surface area contributed by atoms with Gasteiger partial charge in [-0.05, 0) is 45.0 Å². The number of ether oxygens (including phenoxy) is 1. The lowest BCUT2D eigenvalue weighted by Gasteiger charge is -2.25. The maximum Gasteiger partial charge on any atom is 0.338 e. The molecular formula is C14H20FNO2. The van der Waals surface area contributed by atoms with E-state index in [1.54, 1.807) is 0 Å². The lowest BCUT2D eigenvalue weighted by Crippen LogP contribution is -2.44. The van der Waals surface area contributed by atoms with Crippen molar-refractivity contribution in [3.63, 3.8) is 0 Å². The fourth-order valence-corrected chi connectivity index (χ4v) is 1.46. The van der Waals surface area contributed by atoms with Crippen molar-refractivity contribution in [2.24, 2.45) is 0 Å². The van der Waals surface area contributed by atoms with Gasteiger partial charge in [0.2, 0.25) is 0 Å². The highest BCUT2D eigenvalue weighted by molar-refractivity contribution is 5.89. The number of benzene rings is 1. The van der Waals surface area contributed by atoms with E-state index in [9.17, 15) is 9.18 Å². The first kappa shape index (κ1) is 14.6. The van der Waals surface area contributed by atoms with E-state index >= 15 is 0 Å². The predicted octanol–water partition coefficient (Wildman–Crippen LogP) is 2.76. The van der Waals surface area contributed by atoms with Crippen molar-refractivity contribution in [1.29, 1.82) is 0 Å². The number of halogens is 1. The van der Waals surface area contributed by atoms with Gasteiger partial charge >= 0.3 is 5.97 Å². The van der Waals surface area contributed by atoms with Crippen molar-refractivity contribution in [3.05, 3.63) is 35.6 Å². The van der Waals surface area contributed by atoms with Crippen LogP contribution in [0.1, 0.15) is 37.6 Å². The fraction of sp³-hybridized carbons (Fsp3) is 0.500. The first-order chi connectivity index (χ1) is 8.44. The van der Waals surface area contributed by atoms with Crippen molar-refractivity contribution in [1.82, 2.24) is 5.32 Å². The monoisotopic (exact) mass is 253 g/mol. The summed E-state index contributed by atoms with van der Waals surface area (Å²) in [6.45, 7) is 7.11. The van der Waals surface area contributed by atoms with Crippen LogP contribution in [0.4, 0.5) is 4.39 Å². The van der Waals surface area contributed by atoms with E-state index < -0.39 is 11.8 Å². The first-order valence-electron chi connectivity index (χ1n) is 6.12. The van der Waals surface area contributed by atoms with Gasteiger partial charge in [0.05, 0.1) is 5.56 Å². The lowest BCUT2D eigenvalue weighted by atomic mass is 10.1. The maximum absolute atomic E-state index is 12.9. The minimum atomic E-state index is -0.499. The minimum absolute atomic E-state index is 0.237. The van der Waals surface area contributed by atoms with Gasteiger partial charge in [0.25, 0.3) is 0 Å². The molecule has 18 heavy (non-hydrogen) atoms. The maximum atomic E-state index is 12.9. The van der Waals surface area contributed by atoms with Gasteiger partial charge in [-0.1, -0.05) is 13.0 Å². The molecule has 3 nitrogen and oxygen atoms in total. The SMILES string of the molecule is CCCNC(C)(C)COC(=O)c1cccc(F)c1. The third-order valence-electron chi connectivity index (χ3n) is 2.48. The van der Waals surface area contributed by atoms with Crippen LogP contribution in [0.2, 0.25) is 0 Å². The molecule has 0 radical (unpaired) electrons. The van der Waals surface area contributed by atoms with Crippen molar-refractivity contribution in [3.8, 4) is 0 Å². The Morgan fingerprint density at radius 1 is 1.44 bits per heavy atom. The van der Waals surface area contributed by atoms with Crippen molar-refractivity contribution < 1.29 is 13.9 Å². The summed E-state index contributed by atoms with van der Waals surface area (Å²) >= 11 is 0. The molecule has 1 aromatic rings. The Bertz CT molecular complexity index is 405.